The number of ether oxygens (including phenoxy) is 1. The number of hydrogen-bond acceptors (Lipinski definition) is 1. The maximum absolute atomic E-state index is 6.09. The van der Waals surface area contributed by atoms with Crippen molar-refractivity contribution in [2.45, 2.75) is 57.7 Å². The molecule has 1 nitrogen and oxygen atoms in total. The number of hydrogen-bond donors (Lipinski definition) is 0. The molecular weight excluding hydrogens is 216 g/mol. The third kappa shape index (κ3) is 2.74. The van der Waals surface area contributed by atoms with Crippen LogP contribution in [0.2, 0.25) is 0 Å². The lowest BCUT2D eigenvalue weighted by Gasteiger charge is -2.35. The molecule has 0 saturated heterocycles. The molecule has 0 spiro atoms. The number of alkyl halides is 1. The molecule has 0 radical (unpaired) electrons. The minimum Gasteiger partial charge on any atom is -0.369 e. The van der Waals surface area contributed by atoms with E-state index in [-0.39, 0.29) is 11.2 Å². The van der Waals surface area contributed by atoms with Gasteiger partial charge >= 0.3 is 0 Å². The second-order valence-corrected chi connectivity index (χ2v) is 5.30. The SMILES string of the molecule is CC(C)(C)OC1(CBr)CCCC1. The summed E-state index contributed by atoms with van der Waals surface area (Å²) in [6.45, 7) is 6.40. The van der Waals surface area contributed by atoms with Gasteiger partial charge in [-0.2, -0.15) is 0 Å². The summed E-state index contributed by atoms with van der Waals surface area (Å²) in [6.07, 6.45) is 5.08. The Morgan fingerprint density at radius 3 is 2.08 bits per heavy atom. The van der Waals surface area contributed by atoms with Crippen LogP contribution in [0.3, 0.4) is 0 Å². The summed E-state index contributed by atoms with van der Waals surface area (Å²) in [5.41, 5.74) is 0.135. The minimum absolute atomic E-state index is 0.00188. The normalized spacial score (nSPS) is 23.0. The number of halogens is 1. The van der Waals surface area contributed by atoms with Gasteiger partial charge in [0.05, 0.1) is 11.2 Å². The molecule has 2 heteroatoms. The van der Waals surface area contributed by atoms with Crippen LogP contribution in [0, 0.1) is 0 Å². The summed E-state index contributed by atoms with van der Waals surface area (Å²) in [5, 5.41) is 0.983. The van der Waals surface area contributed by atoms with Crippen LogP contribution in [0.25, 0.3) is 0 Å². The van der Waals surface area contributed by atoms with Crippen LogP contribution in [0.5, 0.6) is 0 Å². The molecular formula is C10H19BrO. The molecule has 1 aliphatic carbocycles. The quantitative estimate of drug-likeness (QED) is 0.665. The van der Waals surface area contributed by atoms with Gasteiger partial charge in [0, 0.05) is 5.33 Å². The van der Waals surface area contributed by atoms with Gasteiger partial charge in [-0.15, -0.1) is 0 Å². The lowest BCUT2D eigenvalue weighted by Crippen LogP contribution is -2.39. The van der Waals surface area contributed by atoms with E-state index in [1.165, 1.54) is 25.7 Å². The van der Waals surface area contributed by atoms with Crippen molar-refractivity contribution in [2.24, 2.45) is 0 Å². The molecule has 1 fully saturated rings. The van der Waals surface area contributed by atoms with Crippen molar-refractivity contribution in [1.82, 2.24) is 0 Å². The maximum atomic E-state index is 6.09. The molecule has 0 amide bonds. The van der Waals surface area contributed by atoms with E-state index in [4.69, 9.17) is 4.74 Å². The average Bonchev–Trinajstić information content (AvgIpc) is 2.34. The van der Waals surface area contributed by atoms with Gasteiger partial charge in [0.2, 0.25) is 0 Å². The molecule has 0 heterocycles. The molecule has 0 unspecified atom stereocenters. The summed E-state index contributed by atoms with van der Waals surface area (Å²) in [5.74, 6) is 0. The Morgan fingerprint density at radius 2 is 1.75 bits per heavy atom. The highest BCUT2D eigenvalue weighted by Gasteiger charge is 2.37. The molecule has 1 saturated carbocycles. The van der Waals surface area contributed by atoms with Gasteiger partial charge in [0.1, 0.15) is 0 Å². The fraction of sp³-hybridized carbons (Fsp3) is 1.00. The third-order valence-electron chi connectivity index (χ3n) is 2.28. The van der Waals surface area contributed by atoms with Crippen molar-refractivity contribution in [2.75, 3.05) is 5.33 Å². The Bertz CT molecular complexity index is 142. The van der Waals surface area contributed by atoms with Gasteiger partial charge in [-0.25, -0.2) is 0 Å². The predicted octanol–water partition coefficient (Wildman–Crippen LogP) is 3.51. The van der Waals surface area contributed by atoms with E-state index in [0.29, 0.717) is 0 Å². The summed E-state index contributed by atoms with van der Waals surface area (Å²) in [7, 11) is 0. The fourth-order valence-electron chi connectivity index (χ4n) is 1.93. The average molecular weight is 235 g/mol. The van der Waals surface area contributed by atoms with Crippen molar-refractivity contribution < 1.29 is 4.74 Å². The molecule has 1 rings (SSSR count). The molecule has 0 aliphatic heterocycles. The topological polar surface area (TPSA) is 9.23 Å². The van der Waals surface area contributed by atoms with Crippen LogP contribution in [0.15, 0.2) is 0 Å². The highest BCUT2D eigenvalue weighted by atomic mass is 79.9. The predicted molar refractivity (Wildman–Crippen MR) is 55.8 cm³/mol. The Morgan fingerprint density at radius 1 is 1.25 bits per heavy atom. The fourth-order valence-corrected chi connectivity index (χ4v) is 2.61. The van der Waals surface area contributed by atoms with Gasteiger partial charge in [-0.1, -0.05) is 28.8 Å². The summed E-state index contributed by atoms with van der Waals surface area (Å²) in [6, 6.07) is 0. The first-order chi connectivity index (χ1) is 5.47. The zero-order chi connectivity index (χ0) is 9.24. The minimum atomic E-state index is -0.00188. The van der Waals surface area contributed by atoms with Crippen LogP contribution in [0.1, 0.15) is 46.5 Å². The van der Waals surface area contributed by atoms with Gasteiger partial charge in [-0.3, -0.25) is 0 Å². The molecule has 12 heavy (non-hydrogen) atoms. The smallest absolute Gasteiger partial charge is 0.0786 e. The molecule has 0 aromatic carbocycles. The first-order valence-electron chi connectivity index (χ1n) is 4.74. The molecule has 72 valence electrons. The lowest BCUT2D eigenvalue weighted by atomic mass is 10.0. The van der Waals surface area contributed by atoms with Crippen LogP contribution in [-0.4, -0.2) is 16.5 Å². The zero-order valence-corrected chi connectivity index (χ0v) is 9.91. The molecule has 0 aromatic rings. The Kier molecular flexibility index (Phi) is 3.21. The second-order valence-electron chi connectivity index (χ2n) is 4.74. The van der Waals surface area contributed by atoms with E-state index < -0.39 is 0 Å². The molecule has 0 N–H and O–H groups in total. The maximum Gasteiger partial charge on any atom is 0.0786 e. The standard InChI is InChI=1S/C10H19BrO/c1-9(2,3)12-10(8-11)6-4-5-7-10/h4-8H2,1-3H3. The van der Waals surface area contributed by atoms with E-state index in [1.54, 1.807) is 0 Å². The third-order valence-corrected chi connectivity index (χ3v) is 3.30. The molecule has 0 bridgehead atoms. The summed E-state index contributed by atoms with van der Waals surface area (Å²) < 4.78 is 6.09. The Balaban J connectivity index is 2.55. The second kappa shape index (κ2) is 3.67. The van der Waals surface area contributed by atoms with Crippen molar-refractivity contribution in [3.63, 3.8) is 0 Å². The monoisotopic (exact) mass is 234 g/mol. The van der Waals surface area contributed by atoms with Crippen molar-refractivity contribution in [3.8, 4) is 0 Å². The van der Waals surface area contributed by atoms with Crippen molar-refractivity contribution in [3.05, 3.63) is 0 Å². The van der Waals surface area contributed by atoms with Gasteiger partial charge < -0.3 is 4.74 Å². The van der Waals surface area contributed by atoms with Crippen LogP contribution in [-0.2, 0) is 4.74 Å². The van der Waals surface area contributed by atoms with Crippen LogP contribution >= 0.6 is 15.9 Å². The van der Waals surface area contributed by atoms with Crippen molar-refractivity contribution >= 4 is 15.9 Å². The van der Waals surface area contributed by atoms with Gasteiger partial charge in [-0.05, 0) is 33.6 Å². The first-order valence-corrected chi connectivity index (χ1v) is 5.86. The first kappa shape index (κ1) is 10.5. The molecule has 0 aromatic heterocycles. The van der Waals surface area contributed by atoms with E-state index in [9.17, 15) is 0 Å². The highest BCUT2D eigenvalue weighted by molar-refractivity contribution is 9.09. The zero-order valence-electron chi connectivity index (χ0n) is 8.32. The summed E-state index contributed by atoms with van der Waals surface area (Å²) >= 11 is 3.56. The Hall–Kier alpha value is 0.440. The number of rotatable bonds is 2. The largest absolute Gasteiger partial charge is 0.369 e. The van der Waals surface area contributed by atoms with Crippen molar-refractivity contribution in [1.29, 1.82) is 0 Å². The van der Waals surface area contributed by atoms with Crippen LogP contribution < -0.4 is 0 Å². The van der Waals surface area contributed by atoms with Gasteiger partial charge in [0.15, 0.2) is 0 Å². The van der Waals surface area contributed by atoms with E-state index in [0.717, 1.165) is 5.33 Å². The van der Waals surface area contributed by atoms with Crippen LogP contribution in [0.4, 0.5) is 0 Å². The molecule has 1 aliphatic rings. The van der Waals surface area contributed by atoms with E-state index >= 15 is 0 Å². The van der Waals surface area contributed by atoms with E-state index in [2.05, 4.69) is 36.7 Å². The lowest BCUT2D eigenvalue weighted by molar-refractivity contribution is -0.114. The summed E-state index contributed by atoms with van der Waals surface area (Å²) in [4.78, 5) is 0. The Labute approximate surface area is 84.0 Å². The molecule has 0 atom stereocenters. The highest BCUT2D eigenvalue weighted by Crippen LogP contribution is 2.37. The van der Waals surface area contributed by atoms with Gasteiger partial charge in [0.25, 0.3) is 0 Å². The van der Waals surface area contributed by atoms with E-state index in [1.807, 2.05) is 0 Å².